The van der Waals surface area contributed by atoms with Gasteiger partial charge in [-0.15, -0.1) is 0 Å². The van der Waals surface area contributed by atoms with Gasteiger partial charge in [-0.25, -0.2) is 0 Å². The van der Waals surface area contributed by atoms with Crippen molar-refractivity contribution in [2.75, 3.05) is 6.16 Å². The van der Waals surface area contributed by atoms with Crippen molar-refractivity contribution in [1.82, 2.24) is 0 Å². The molecule has 0 amide bonds. The van der Waals surface area contributed by atoms with E-state index in [0.29, 0.717) is 19.3 Å². The summed E-state index contributed by atoms with van der Waals surface area (Å²) in [6.07, 6.45) is 1.99. The molecule has 10 heavy (non-hydrogen) atoms. The second kappa shape index (κ2) is 9.55. The molecule has 0 fully saturated rings. The van der Waals surface area contributed by atoms with Crippen molar-refractivity contribution in [2.24, 2.45) is 0 Å². The predicted molar refractivity (Wildman–Crippen MR) is 31.9 cm³/mol. The van der Waals surface area contributed by atoms with Crippen LogP contribution in [0.4, 0.5) is 0 Å². The van der Waals surface area contributed by atoms with Crippen LogP contribution in [0.2, 0.25) is 0 Å². The molecule has 0 radical (unpaired) electrons. The summed E-state index contributed by atoms with van der Waals surface area (Å²) in [5, 5.41) is 8.03. The van der Waals surface area contributed by atoms with Crippen LogP contribution in [0.25, 0.3) is 0 Å². The predicted octanol–water partition coefficient (Wildman–Crippen LogP) is -2.21. The topological polar surface area (TPSA) is 63.9 Å². The minimum atomic E-state index is -2.23. The molecule has 0 aromatic carbocycles. The fourth-order valence-corrected chi connectivity index (χ4v) is 0.927. The van der Waals surface area contributed by atoms with Crippen LogP contribution in [-0.4, -0.2) is 6.16 Å². The SMILES string of the molecule is N#CCCCC[P+](=O)[O-].[Na+]. The van der Waals surface area contributed by atoms with Crippen LogP contribution in [0.3, 0.4) is 0 Å². The summed E-state index contributed by atoms with van der Waals surface area (Å²) in [6.45, 7) is 0. The first-order valence-electron chi connectivity index (χ1n) is 2.76. The summed E-state index contributed by atoms with van der Waals surface area (Å²) in [7, 11) is -2.23. The van der Waals surface area contributed by atoms with Crippen molar-refractivity contribution in [3.63, 3.8) is 0 Å². The largest absolute Gasteiger partial charge is 1.00 e. The molecular weight excluding hydrogens is 160 g/mol. The maximum atomic E-state index is 9.92. The molecule has 0 aliphatic carbocycles. The summed E-state index contributed by atoms with van der Waals surface area (Å²) in [6, 6.07) is 1.94. The van der Waals surface area contributed by atoms with Gasteiger partial charge in [0.25, 0.3) is 0 Å². The van der Waals surface area contributed by atoms with Crippen LogP contribution in [0.1, 0.15) is 19.3 Å². The van der Waals surface area contributed by atoms with Crippen LogP contribution in [0.5, 0.6) is 0 Å². The van der Waals surface area contributed by atoms with Gasteiger partial charge >= 0.3 is 37.6 Å². The number of hydrogen-bond acceptors (Lipinski definition) is 3. The third-order valence-corrected chi connectivity index (χ3v) is 1.56. The molecule has 3 nitrogen and oxygen atoms in total. The Kier molecular flexibility index (Phi) is 12.6. The van der Waals surface area contributed by atoms with Crippen molar-refractivity contribution in [3.05, 3.63) is 0 Å². The molecule has 0 N–H and O–H groups in total. The number of hydrogen-bond donors (Lipinski definition) is 0. The Morgan fingerprint density at radius 3 is 2.50 bits per heavy atom. The summed E-state index contributed by atoms with van der Waals surface area (Å²) in [5.41, 5.74) is 0. The molecule has 0 bridgehead atoms. The first kappa shape index (κ1) is 13.2. The number of nitrogens with zero attached hydrogens (tertiary/aromatic N) is 1. The van der Waals surface area contributed by atoms with E-state index in [-0.39, 0.29) is 35.7 Å². The molecule has 0 aromatic rings. The molecule has 0 spiro atoms. The van der Waals surface area contributed by atoms with Crippen LogP contribution in [0.15, 0.2) is 0 Å². The van der Waals surface area contributed by atoms with Gasteiger partial charge in [0.15, 0.2) is 0 Å². The maximum Gasteiger partial charge on any atom is 1.00 e. The minimum absolute atomic E-state index is 0. The smallest absolute Gasteiger partial charge is 0.596 e. The molecule has 0 aromatic heterocycles. The monoisotopic (exact) mass is 168 g/mol. The summed E-state index contributed by atoms with van der Waals surface area (Å²) < 4.78 is 9.92. The van der Waals surface area contributed by atoms with Crippen molar-refractivity contribution in [1.29, 1.82) is 5.26 Å². The molecule has 0 saturated heterocycles. The zero-order chi connectivity index (χ0) is 7.11. The van der Waals surface area contributed by atoms with Gasteiger partial charge in [-0.05, 0) is 12.8 Å². The molecule has 0 rings (SSSR count). The van der Waals surface area contributed by atoms with Crippen molar-refractivity contribution in [2.45, 2.75) is 19.3 Å². The Balaban J connectivity index is 0. The number of nitriles is 1. The first-order chi connectivity index (χ1) is 4.27. The first-order valence-corrected chi connectivity index (χ1v) is 4.12. The van der Waals surface area contributed by atoms with E-state index in [0.717, 1.165) is 0 Å². The number of rotatable bonds is 4. The fourth-order valence-electron chi connectivity index (χ4n) is 0.445. The Bertz CT molecular complexity index is 134. The zero-order valence-corrected chi connectivity index (χ0v) is 8.93. The Labute approximate surface area is 83.6 Å². The maximum absolute atomic E-state index is 9.92. The van der Waals surface area contributed by atoms with Gasteiger partial charge in [-0.3, -0.25) is 0 Å². The van der Waals surface area contributed by atoms with E-state index in [1.54, 1.807) is 0 Å². The van der Waals surface area contributed by atoms with Crippen LogP contribution >= 0.6 is 8.03 Å². The van der Waals surface area contributed by atoms with E-state index < -0.39 is 8.03 Å². The Hall–Kier alpha value is 0.550. The average molecular weight is 168 g/mol. The van der Waals surface area contributed by atoms with Gasteiger partial charge in [-0.2, -0.15) is 5.26 Å². The Morgan fingerprint density at radius 2 is 2.10 bits per heavy atom. The van der Waals surface area contributed by atoms with E-state index in [9.17, 15) is 9.46 Å². The van der Waals surface area contributed by atoms with Gasteiger partial charge in [0.1, 0.15) is 6.16 Å². The average Bonchev–Trinajstić information content (AvgIpc) is 1.80. The normalized spacial score (nSPS) is 9.40. The third kappa shape index (κ3) is 11.4. The molecular formula is C5H8NNaO2P+. The molecule has 0 heterocycles. The molecule has 50 valence electrons. The standard InChI is InChI=1S/C5H8NO2P.Na/c6-4-2-1-3-5-9(7)8;/h1-3,5H2;/q;+1. The quantitative estimate of drug-likeness (QED) is 0.271. The third-order valence-electron chi connectivity index (χ3n) is 0.879. The van der Waals surface area contributed by atoms with E-state index in [1.807, 2.05) is 6.07 Å². The van der Waals surface area contributed by atoms with Gasteiger partial charge < -0.3 is 4.89 Å². The molecule has 1 unspecified atom stereocenters. The summed E-state index contributed by atoms with van der Waals surface area (Å²) in [4.78, 5) is 9.92. The second-order valence-electron chi connectivity index (χ2n) is 1.67. The summed E-state index contributed by atoms with van der Waals surface area (Å²) >= 11 is 0. The molecule has 0 aliphatic heterocycles. The zero-order valence-electron chi connectivity index (χ0n) is 6.04. The summed E-state index contributed by atoms with van der Waals surface area (Å²) in [5.74, 6) is 0. The van der Waals surface area contributed by atoms with Crippen LogP contribution < -0.4 is 34.5 Å². The molecule has 0 saturated carbocycles. The van der Waals surface area contributed by atoms with Crippen molar-refractivity contribution >= 4 is 8.03 Å². The van der Waals surface area contributed by atoms with Gasteiger partial charge in [0.2, 0.25) is 0 Å². The second-order valence-corrected chi connectivity index (χ2v) is 2.78. The minimum Gasteiger partial charge on any atom is -0.596 e. The number of unbranched alkanes of at least 4 members (excludes halogenated alkanes) is 2. The van der Waals surface area contributed by atoms with E-state index in [4.69, 9.17) is 5.26 Å². The van der Waals surface area contributed by atoms with Gasteiger partial charge in [0, 0.05) is 6.42 Å². The van der Waals surface area contributed by atoms with Gasteiger partial charge in [-0.1, -0.05) is 4.57 Å². The van der Waals surface area contributed by atoms with Crippen molar-refractivity contribution in [3.8, 4) is 6.07 Å². The van der Waals surface area contributed by atoms with E-state index in [2.05, 4.69) is 0 Å². The van der Waals surface area contributed by atoms with Gasteiger partial charge in [0.05, 0.1) is 6.07 Å². The molecule has 0 aliphatic rings. The van der Waals surface area contributed by atoms with E-state index in [1.165, 1.54) is 0 Å². The molecule has 5 heteroatoms. The fraction of sp³-hybridized carbons (Fsp3) is 0.800. The van der Waals surface area contributed by atoms with Crippen molar-refractivity contribution < 1.29 is 39.0 Å². The van der Waals surface area contributed by atoms with Crippen LogP contribution in [0, 0.1) is 11.3 Å². The Morgan fingerprint density at radius 1 is 1.50 bits per heavy atom. The van der Waals surface area contributed by atoms with E-state index >= 15 is 0 Å². The van der Waals surface area contributed by atoms with Crippen LogP contribution in [-0.2, 0) is 4.57 Å². The molecule has 1 atom stereocenters.